The van der Waals surface area contributed by atoms with Crippen LogP contribution in [-0.2, 0) is 6.42 Å². The molecule has 0 saturated heterocycles. The summed E-state index contributed by atoms with van der Waals surface area (Å²) in [5.41, 5.74) is 1.20. The molecule has 0 aliphatic carbocycles. The lowest BCUT2D eigenvalue weighted by molar-refractivity contribution is 0.354. The third-order valence-electron chi connectivity index (χ3n) is 4.46. The minimum Gasteiger partial charge on any atom is -0.493 e. The topological polar surface area (TPSA) is 42.5 Å². The van der Waals surface area contributed by atoms with E-state index in [9.17, 15) is 0 Å². The molecule has 0 bridgehead atoms. The summed E-state index contributed by atoms with van der Waals surface area (Å²) in [6.07, 6.45) is 11.5. The molecule has 2 N–H and O–H groups in total. The van der Waals surface area contributed by atoms with E-state index in [-0.39, 0.29) is 0 Å². The largest absolute Gasteiger partial charge is 0.493 e. The Morgan fingerprint density at radius 3 is 2.12 bits per heavy atom. The molecule has 0 atom stereocenters. The minimum atomic E-state index is 0.744. The van der Waals surface area contributed by atoms with Gasteiger partial charge in [0.2, 0.25) is 0 Å². The maximum atomic E-state index is 5.34. The molecule has 0 fully saturated rings. The van der Waals surface area contributed by atoms with Gasteiger partial charge in [-0.2, -0.15) is 0 Å². The van der Waals surface area contributed by atoms with Crippen LogP contribution in [0.3, 0.4) is 0 Å². The molecule has 0 radical (unpaired) electrons. The van der Waals surface area contributed by atoms with Crippen molar-refractivity contribution < 1.29 is 9.47 Å². The Morgan fingerprint density at radius 2 is 1.46 bits per heavy atom. The number of unbranched alkanes of at least 4 members (excludes halogenated alkanes) is 7. The number of methoxy groups -OCH3 is 2. The van der Waals surface area contributed by atoms with E-state index in [1.807, 2.05) is 12.1 Å². The van der Waals surface area contributed by atoms with Crippen molar-refractivity contribution in [3.05, 3.63) is 23.8 Å². The number of benzene rings is 1. The third kappa shape index (κ3) is 9.85. The second-order valence-corrected chi connectivity index (χ2v) is 7.01. The van der Waals surface area contributed by atoms with Gasteiger partial charge in [-0.05, 0) is 42.8 Å². The predicted molar refractivity (Wildman–Crippen MR) is 114 cm³/mol. The summed E-state index contributed by atoms with van der Waals surface area (Å²) in [6.45, 7) is 4.02. The molecule has 0 saturated carbocycles. The summed E-state index contributed by atoms with van der Waals surface area (Å²) in [4.78, 5) is 0. The number of thiocarbonyl (C=S) groups is 1. The summed E-state index contributed by atoms with van der Waals surface area (Å²) in [5.74, 6) is 1.52. The fourth-order valence-electron chi connectivity index (χ4n) is 2.88. The zero-order valence-corrected chi connectivity index (χ0v) is 17.6. The fourth-order valence-corrected chi connectivity index (χ4v) is 3.08. The average molecular weight is 381 g/mol. The van der Waals surface area contributed by atoms with Crippen molar-refractivity contribution in [2.75, 3.05) is 27.3 Å². The summed E-state index contributed by atoms with van der Waals surface area (Å²) in [5, 5.41) is 7.31. The van der Waals surface area contributed by atoms with Crippen molar-refractivity contribution in [2.24, 2.45) is 0 Å². The quantitative estimate of drug-likeness (QED) is 0.357. The highest BCUT2D eigenvalue weighted by atomic mass is 32.1. The van der Waals surface area contributed by atoms with Crippen LogP contribution in [0.2, 0.25) is 0 Å². The van der Waals surface area contributed by atoms with Gasteiger partial charge in [-0.1, -0.05) is 57.9 Å². The van der Waals surface area contributed by atoms with Crippen LogP contribution in [-0.4, -0.2) is 32.4 Å². The van der Waals surface area contributed by atoms with Crippen LogP contribution in [0.25, 0.3) is 0 Å². The molecule has 1 aromatic carbocycles. The zero-order valence-electron chi connectivity index (χ0n) is 16.7. The van der Waals surface area contributed by atoms with E-state index >= 15 is 0 Å². The Hall–Kier alpha value is -1.49. The molecule has 26 heavy (non-hydrogen) atoms. The molecule has 0 heterocycles. The smallest absolute Gasteiger partial charge is 0.166 e. The highest BCUT2D eigenvalue weighted by Crippen LogP contribution is 2.27. The van der Waals surface area contributed by atoms with Crippen molar-refractivity contribution in [2.45, 2.75) is 64.7 Å². The van der Waals surface area contributed by atoms with Gasteiger partial charge < -0.3 is 20.1 Å². The van der Waals surface area contributed by atoms with Gasteiger partial charge in [0.1, 0.15) is 0 Å². The number of rotatable bonds is 14. The van der Waals surface area contributed by atoms with Crippen LogP contribution in [0.1, 0.15) is 63.9 Å². The summed E-state index contributed by atoms with van der Waals surface area (Å²) >= 11 is 5.34. The standard InChI is InChI=1S/C21H36N2O2S/c1-4-5-6-7-8-9-10-11-15-22-21(26)23-16-14-18-12-13-19(24-2)20(17-18)25-3/h12-13,17H,4-11,14-16H2,1-3H3,(H2,22,23,26). The molecular formula is C21H36N2O2S. The molecule has 0 aliphatic rings. The lowest BCUT2D eigenvalue weighted by Crippen LogP contribution is -2.36. The SMILES string of the molecule is CCCCCCCCCCNC(=S)NCCc1ccc(OC)c(OC)c1. The van der Waals surface area contributed by atoms with Crippen LogP contribution in [0, 0.1) is 0 Å². The highest BCUT2D eigenvalue weighted by molar-refractivity contribution is 7.80. The maximum absolute atomic E-state index is 5.34. The molecular weight excluding hydrogens is 344 g/mol. The second-order valence-electron chi connectivity index (χ2n) is 6.60. The van der Waals surface area contributed by atoms with Crippen LogP contribution >= 0.6 is 12.2 Å². The molecule has 0 unspecified atom stereocenters. The van der Waals surface area contributed by atoms with Gasteiger partial charge in [0.15, 0.2) is 16.6 Å². The van der Waals surface area contributed by atoms with Crippen molar-refractivity contribution in [1.82, 2.24) is 10.6 Å². The Bertz CT molecular complexity index is 509. The molecule has 1 rings (SSSR count). The van der Waals surface area contributed by atoms with Gasteiger partial charge in [-0.3, -0.25) is 0 Å². The first-order valence-electron chi connectivity index (χ1n) is 9.93. The summed E-state index contributed by atoms with van der Waals surface area (Å²) in [7, 11) is 3.31. The minimum absolute atomic E-state index is 0.744. The van der Waals surface area contributed by atoms with E-state index in [4.69, 9.17) is 21.7 Å². The number of hydrogen-bond acceptors (Lipinski definition) is 3. The average Bonchev–Trinajstić information content (AvgIpc) is 2.66. The first kappa shape index (κ1) is 22.6. The van der Waals surface area contributed by atoms with Gasteiger partial charge in [0, 0.05) is 13.1 Å². The predicted octanol–water partition coefficient (Wildman–Crippen LogP) is 4.85. The van der Waals surface area contributed by atoms with Gasteiger partial charge in [-0.15, -0.1) is 0 Å². The number of ether oxygens (including phenoxy) is 2. The Kier molecular flexibility index (Phi) is 12.7. The van der Waals surface area contributed by atoms with E-state index in [2.05, 4.69) is 23.6 Å². The van der Waals surface area contributed by atoms with Gasteiger partial charge >= 0.3 is 0 Å². The maximum Gasteiger partial charge on any atom is 0.166 e. The molecule has 0 amide bonds. The van der Waals surface area contributed by atoms with Crippen LogP contribution < -0.4 is 20.1 Å². The third-order valence-corrected chi connectivity index (χ3v) is 4.75. The van der Waals surface area contributed by atoms with E-state index in [0.29, 0.717) is 0 Å². The number of hydrogen-bond donors (Lipinski definition) is 2. The van der Waals surface area contributed by atoms with Crippen molar-refractivity contribution >= 4 is 17.3 Å². The van der Waals surface area contributed by atoms with Crippen molar-refractivity contribution in [1.29, 1.82) is 0 Å². The lowest BCUT2D eigenvalue weighted by atomic mass is 10.1. The van der Waals surface area contributed by atoms with Crippen LogP contribution in [0.15, 0.2) is 18.2 Å². The Labute approximate surface area is 165 Å². The van der Waals surface area contributed by atoms with E-state index in [1.165, 1.54) is 56.9 Å². The Balaban J connectivity index is 2.06. The molecule has 148 valence electrons. The lowest BCUT2D eigenvalue weighted by Gasteiger charge is -2.12. The van der Waals surface area contributed by atoms with E-state index < -0.39 is 0 Å². The number of nitrogens with one attached hydrogen (secondary N) is 2. The molecule has 0 spiro atoms. The summed E-state index contributed by atoms with van der Waals surface area (Å²) in [6, 6.07) is 6.00. The molecule has 1 aromatic rings. The monoisotopic (exact) mass is 380 g/mol. The first-order chi connectivity index (χ1) is 12.7. The van der Waals surface area contributed by atoms with E-state index in [1.54, 1.807) is 14.2 Å². The second kappa shape index (κ2) is 14.7. The first-order valence-corrected chi connectivity index (χ1v) is 10.3. The fraction of sp³-hybridized carbons (Fsp3) is 0.667. The molecule has 4 nitrogen and oxygen atoms in total. The summed E-state index contributed by atoms with van der Waals surface area (Å²) < 4.78 is 10.6. The van der Waals surface area contributed by atoms with Crippen molar-refractivity contribution in [3.8, 4) is 11.5 Å². The van der Waals surface area contributed by atoms with Crippen LogP contribution in [0.4, 0.5) is 0 Å². The normalized spacial score (nSPS) is 10.4. The van der Waals surface area contributed by atoms with E-state index in [0.717, 1.165) is 36.1 Å². The van der Waals surface area contributed by atoms with Gasteiger partial charge in [0.25, 0.3) is 0 Å². The molecule has 5 heteroatoms. The Morgan fingerprint density at radius 1 is 0.846 bits per heavy atom. The van der Waals surface area contributed by atoms with Gasteiger partial charge in [-0.25, -0.2) is 0 Å². The molecule has 0 aromatic heterocycles. The zero-order chi connectivity index (χ0) is 19.0. The van der Waals surface area contributed by atoms with Gasteiger partial charge in [0.05, 0.1) is 14.2 Å². The van der Waals surface area contributed by atoms with Crippen LogP contribution in [0.5, 0.6) is 11.5 Å². The highest BCUT2D eigenvalue weighted by Gasteiger charge is 2.04. The van der Waals surface area contributed by atoms with Crippen molar-refractivity contribution in [3.63, 3.8) is 0 Å². The molecule has 0 aliphatic heterocycles.